The molecule has 2 aliphatic rings. The number of hydrogen-bond donors (Lipinski definition) is 0. The molecular weight excluding hydrogens is 378 g/mol. The van der Waals surface area contributed by atoms with Gasteiger partial charge < -0.3 is 9.32 Å². The Morgan fingerprint density at radius 2 is 1.86 bits per heavy atom. The predicted octanol–water partition coefficient (Wildman–Crippen LogP) is 2.30. The van der Waals surface area contributed by atoms with E-state index in [1.54, 1.807) is 18.2 Å². The molecule has 1 aromatic carbocycles. The Hall–Kier alpha value is -2.19. The SMILES string of the molecule is Cc1nc(C)c(C(=O)N2C[C@@H]3CN(S(C)(=O)=O)C[C@@H]3[C@@H]2c2ccccc2C)o1. The van der Waals surface area contributed by atoms with Gasteiger partial charge in [-0.15, -0.1) is 0 Å². The second-order valence-electron chi connectivity index (χ2n) is 7.91. The van der Waals surface area contributed by atoms with Crippen LogP contribution < -0.4 is 0 Å². The van der Waals surface area contributed by atoms with Gasteiger partial charge in [0.05, 0.1) is 18.0 Å². The molecule has 0 saturated carbocycles. The first-order valence-electron chi connectivity index (χ1n) is 9.42. The van der Waals surface area contributed by atoms with Gasteiger partial charge in [-0.3, -0.25) is 4.79 Å². The van der Waals surface area contributed by atoms with Crippen molar-refractivity contribution in [3.8, 4) is 0 Å². The van der Waals surface area contributed by atoms with E-state index in [0.717, 1.165) is 11.1 Å². The zero-order valence-electron chi connectivity index (χ0n) is 16.5. The molecule has 2 saturated heterocycles. The Bertz CT molecular complexity index is 1030. The summed E-state index contributed by atoms with van der Waals surface area (Å²) in [5.74, 6) is 0.732. The molecule has 0 aliphatic carbocycles. The number of hydrogen-bond acceptors (Lipinski definition) is 5. The highest BCUT2D eigenvalue weighted by Crippen LogP contribution is 2.46. The summed E-state index contributed by atoms with van der Waals surface area (Å²) < 4.78 is 31.3. The Kier molecular flexibility index (Phi) is 4.58. The van der Waals surface area contributed by atoms with Crippen molar-refractivity contribution < 1.29 is 17.6 Å². The van der Waals surface area contributed by atoms with E-state index < -0.39 is 10.0 Å². The van der Waals surface area contributed by atoms with Crippen LogP contribution in [-0.4, -0.2) is 54.4 Å². The van der Waals surface area contributed by atoms with E-state index >= 15 is 0 Å². The van der Waals surface area contributed by atoms with Crippen molar-refractivity contribution in [2.75, 3.05) is 25.9 Å². The number of fused-ring (bicyclic) bond motifs is 1. The lowest BCUT2D eigenvalue weighted by atomic mass is 9.87. The minimum absolute atomic E-state index is 0.0594. The minimum Gasteiger partial charge on any atom is -0.436 e. The molecule has 8 heteroatoms. The highest BCUT2D eigenvalue weighted by Gasteiger charge is 2.51. The summed E-state index contributed by atoms with van der Waals surface area (Å²) in [6.07, 6.45) is 1.25. The van der Waals surface area contributed by atoms with Crippen molar-refractivity contribution in [1.29, 1.82) is 0 Å². The molecule has 1 aromatic heterocycles. The normalized spacial score (nSPS) is 25.3. The van der Waals surface area contributed by atoms with Crippen LogP contribution in [0.15, 0.2) is 28.7 Å². The summed E-state index contributed by atoms with van der Waals surface area (Å²) in [4.78, 5) is 19.4. The van der Waals surface area contributed by atoms with Gasteiger partial charge in [0, 0.05) is 32.5 Å². The lowest BCUT2D eigenvalue weighted by Crippen LogP contribution is -2.37. The third-order valence-electron chi connectivity index (χ3n) is 5.97. The number of aryl methyl sites for hydroxylation is 3. The van der Waals surface area contributed by atoms with Gasteiger partial charge in [-0.05, 0) is 30.9 Å². The molecular formula is C20H25N3O4S. The standard InChI is InChI=1S/C20H25N3O4S/c1-12-7-5-6-8-16(12)18-17-11-22(28(4,25)26)9-15(17)10-23(18)20(24)19-13(2)21-14(3)27-19/h5-8,15,17-18H,9-11H2,1-4H3/t15-,17-,18-/m0/s1. The molecule has 28 heavy (non-hydrogen) atoms. The number of oxazole rings is 1. The largest absolute Gasteiger partial charge is 0.436 e. The van der Waals surface area contributed by atoms with Crippen molar-refractivity contribution in [1.82, 2.24) is 14.2 Å². The number of carbonyl (C=O) groups excluding carboxylic acids is 1. The highest BCUT2D eigenvalue weighted by atomic mass is 32.2. The van der Waals surface area contributed by atoms with Crippen LogP contribution in [0.1, 0.15) is 39.3 Å². The first kappa shape index (κ1) is 19.1. The number of amides is 1. The fourth-order valence-corrected chi connectivity index (χ4v) is 5.57. The van der Waals surface area contributed by atoms with Crippen LogP contribution in [0.25, 0.3) is 0 Å². The molecule has 4 rings (SSSR count). The molecule has 2 aliphatic heterocycles. The van der Waals surface area contributed by atoms with Crippen molar-refractivity contribution >= 4 is 15.9 Å². The van der Waals surface area contributed by atoms with Gasteiger partial charge in [-0.1, -0.05) is 24.3 Å². The average molecular weight is 404 g/mol. The first-order chi connectivity index (χ1) is 13.2. The Balaban J connectivity index is 1.74. The number of rotatable bonds is 3. The monoisotopic (exact) mass is 403 g/mol. The molecule has 0 radical (unpaired) electrons. The Morgan fingerprint density at radius 1 is 1.14 bits per heavy atom. The second-order valence-corrected chi connectivity index (χ2v) is 9.89. The first-order valence-corrected chi connectivity index (χ1v) is 11.3. The van der Waals surface area contributed by atoms with Crippen molar-refractivity contribution in [2.45, 2.75) is 26.8 Å². The van der Waals surface area contributed by atoms with Gasteiger partial charge in [0.15, 0.2) is 5.89 Å². The molecule has 0 N–H and O–H groups in total. The van der Waals surface area contributed by atoms with E-state index in [1.807, 2.05) is 36.1 Å². The molecule has 0 unspecified atom stereocenters. The number of nitrogens with zero attached hydrogens (tertiary/aromatic N) is 3. The number of sulfonamides is 1. The van der Waals surface area contributed by atoms with Crippen LogP contribution in [0.5, 0.6) is 0 Å². The molecule has 3 heterocycles. The zero-order valence-corrected chi connectivity index (χ0v) is 17.4. The van der Waals surface area contributed by atoms with E-state index in [-0.39, 0.29) is 29.5 Å². The van der Waals surface area contributed by atoms with Crippen molar-refractivity contribution in [3.05, 3.63) is 52.7 Å². The van der Waals surface area contributed by atoms with Crippen LogP contribution in [0.4, 0.5) is 0 Å². The van der Waals surface area contributed by atoms with E-state index in [1.165, 1.54) is 6.26 Å². The molecule has 0 bridgehead atoms. The average Bonchev–Trinajstić information content (AvgIpc) is 3.26. The van der Waals surface area contributed by atoms with Crippen LogP contribution in [-0.2, 0) is 10.0 Å². The molecule has 3 atom stereocenters. The Morgan fingerprint density at radius 3 is 2.46 bits per heavy atom. The summed E-state index contributed by atoms with van der Waals surface area (Å²) in [7, 11) is -3.25. The number of likely N-dealkylation sites (tertiary alicyclic amines) is 1. The maximum Gasteiger partial charge on any atom is 0.292 e. The molecule has 2 fully saturated rings. The van der Waals surface area contributed by atoms with E-state index in [0.29, 0.717) is 31.2 Å². The van der Waals surface area contributed by atoms with Crippen LogP contribution in [0.2, 0.25) is 0 Å². The quantitative estimate of drug-likeness (QED) is 0.785. The summed E-state index contributed by atoms with van der Waals surface area (Å²) in [6.45, 7) is 6.91. The predicted molar refractivity (Wildman–Crippen MR) is 104 cm³/mol. The summed E-state index contributed by atoms with van der Waals surface area (Å²) >= 11 is 0. The van der Waals surface area contributed by atoms with Gasteiger partial charge in [-0.2, -0.15) is 0 Å². The fourth-order valence-electron chi connectivity index (χ4n) is 4.66. The summed E-state index contributed by atoms with van der Waals surface area (Å²) in [6, 6.07) is 7.81. The molecule has 0 spiro atoms. The van der Waals surface area contributed by atoms with Gasteiger partial charge in [-0.25, -0.2) is 17.7 Å². The zero-order chi connectivity index (χ0) is 20.2. The lowest BCUT2D eigenvalue weighted by molar-refractivity contribution is 0.0673. The molecule has 7 nitrogen and oxygen atoms in total. The lowest BCUT2D eigenvalue weighted by Gasteiger charge is -2.30. The van der Waals surface area contributed by atoms with Crippen LogP contribution >= 0.6 is 0 Å². The maximum absolute atomic E-state index is 13.3. The van der Waals surface area contributed by atoms with E-state index in [9.17, 15) is 13.2 Å². The van der Waals surface area contributed by atoms with Crippen molar-refractivity contribution in [3.63, 3.8) is 0 Å². The van der Waals surface area contributed by atoms with Crippen LogP contribution in [0.3, 0.4) is 0 Å². The van der Waals surface area contributed by atoms with E-state index in [2.05, 4.69) is 4.98 Å². The molecule has 1 amide bonds. The third kappa shape index (κ3) is 3.14. The van der Waals surface area contributed by atoms with Gasteiger partial charge in [0.25, 0.3) is 5.91 Å². The smallest absolute Gasteiger partial charge is 0.292 e. The van der Waals surface area contributed by atoms with Gasteiger partial charge in [0.1, 0.15) is 0 Å². The fraction of sp³-hybridized carbons (Fsp3) is 0.500. The van der Waals surface area contributed by atoms with Crippen LogP contribution in [0, 0.1) is 32.6 Å². The summed E-state index contributed by atoms with van der Waals surface area (Å²) in [5.41, 5.74) is 2.74. The maximum atomic E-state index is 13.3. The highest BCUT2D eigenvalue weighted by molar-refractivity contribution is 7.88. The topological polar surface area (TPSA) is 83.7 Å². The second kappa shape index (κ2) is 6.70. The molecule has 2 aromatic rings. The number of aromatic nitrogens is 1. The summed E-state index contributed by atoms with van der Waals surface area (Å²) in [5, 5.41) is 0. The van der Waals surface area contributed by atoms with Crippen molar-refractivity contribution in [2.24, 2.45) is 11.8 Å². The molecule has 150 valence electrons. The number of benzene rings is 1. The Labute approximate surface area is 165 Å². The minimum atomic E-state index is -3.25. The third-order valence-corrected chi connectivity index (χ3v) is 7.20. The number of carbonyl (C=O) groups is 1. The van der Waals surface area contributed by atoms with Gasteiger partial charge in [0.2, 0.25) is 15.8 Å². The van der Waals surface area contributed by atoms with Gasteiger partial charge >= 0.3 is 0 Å². The van der Waals surface area contributed by atoms with E-state index in [4.69, 9.17) is 4.42 Å².